The van der Waals surface area contributed by atoms with E-state index in [-0.39, 0.29) is 19.8 Å². The molecule has 2 aromatic rings. The van der Waals surface area contributed by atoms with Crippen LogP contribution in [-0.2, 0) is 23.8 Å². The van der Waals surface area contributed by atoms with E-state index < -0.39 is 23.5 Å². The van der Waals surface area contributed by atoms with E-state index in [0.717, 1.165) is 11.1 Å². The summed E-state index contributed by atoms with van der Waals surface area (Å²) in [5.41, 5.74) is 0.445. The van der Waals surface area contributed by atoms with Crippen molar-refractivity contribution >= 4 is 18.0 Å². The molecule has 1 heterocycles. The van der Waals surface area contributed by atoms with E-state index in [9.17, 15) is 9.59 Å². The second-order valence-electron chi connectivity index (χ2n) is 6.43. The summed E-state index contributed by atoms with van der Waals surface area (Å²) in [7, 11) is 0. The van der Waals surface area contributed by atoms with Crippen molar-refractivity contribution in [3.63, 3.8) is 0 Å². The van der Waals surface area contributed by atoms with E-state index in [0.29, 0.717) is 5.57 Å². The summed E-state index contributed by atoms with van der Waals surface area (Å²) in [6.07, 6.45) is 0.998. The van der Waals surface area contributed by atoms with Gasteiger partial charge in [0.1, 0.15) is 6.10 Å². The molecule has 0 saturated carbocycles. The Hall–Kier alpha value is -2.92. The molecule has 1 aliphatic rings. The summed E-state index contributed by atoms with van der Waals surface area (Å²) in [5.74, 6) is -1.30. The molecule has 2 aromatic carbocycles. The maximum Gasteiger partial charge on any atom is 0.330 e. The van der Waals surface area contributed by atoms with Gasteiger partial charge >= 0.3 is 11.9 Å². The van der Waals surface area contributed by atoms with Crippen LogP contribution in [-0.4, -0.2) is 31.8 Å². The lowest BCUT2D eigenvalue weighted by molar-refractivity contribution is -0.174. The SMILES string of the molecule is CCOC(=O)C1(C(=O)OCC)/C(=C/c2ccccc2)COC1c1ccccc1. The van der Waals surface area contributed by atoms with Gasteiger partial charge in [-0.05, 0) is 30.5 Å². The molecule has 5 heteroatoms. The van der Waals surface area contributed by atoms with Crippen molar-refractivity contribution < 1.29 is 23.8 Å². The van der Waals surface area contributed by atoms with Crippen LogP contribution < -0.4 is 0 Å². The van der Waals surface area contributed by atoms with Crippen LogP contribution in [0.1, 0.15) is 31.1 Å². The third-order valence-electron chi connectivity index (χ3n) is 4.74. The van der Waals surface area contributed by atoms with Gasteiger partial charge in [-0.1, -0.05) is 66.7 Å². The van der Waals surface area contributed by atoms with Gasteiger partial charge in [0.05, 0.1) is 19.8 Å². The zero-order valence-corrected chi connectivity index (χ0v) is 16.1. The second-order valence-corrected chi connectivity index (χ2v) is 6.43. The molecule has 146 valence electrons. The lowest BCUT2D eigenvalue weighted by atomic mass is 9.74. The number of carbonyl (C=O) groups excluding carboxylic acids is 2. The molecule has 0 aromatic heterocycles. The van der Waals surface area contributed by atoms with E-state index in [2.05, 4.69) is 0 Å². The van der Waals surface area contributed by atoms with Crippen molar-refractivity contribution in [1.29, 1.82) is 0 Å². The van der Waals surface area contributed by atoms with Crippen LogP contribution in [0, 0.1) is 5.41 Å². The Morgan fingerprint density at radius 2 is 1.50 bits per heavy atom. The topological polar surface area (TPSA) is 61.8 Å². The average Bonchev–Trinajstić information content (AvgIpc) is 3.10. The van der Waals surface area contributed by atoms with Gasteiger partial charge in [-0.25, -0.2) is 0 Å². The van der Waals surface area contributed by atoms with Crippen molar-refractivity contribution in [3.05, 3.63) is 77.4 Å². The summed E-state index contributed by atoms with van der Waals surface area (Å²) in [6.45, 7) is 3.86. The first-order valence-corrected chi connectivity index (χ1v) is 9.41. The molecule has 0 spiro atoms. The van der Waals surface area contributed by atoms with Crippen molar-refractivity contribution in [2.75, 3.05) is 19.8 Å². The van der Waals surface area contributed by atoms with Crippen LogP contribution in [0.25, 0.3) is 6.08 Å². The third-order valence-corrected chi connectivity index (χ3v) is 4.74. The summed E-state index contributed by atoms with van der Waals surface area (Å²) in [4.78, 5) is 26.4. The molecule has 1 aliphatic heterocycles. The highest BCUT2D eigenvalue weighted by Gasteiger charge is 2.62. The summed E-state index contributed by atoms with van der Waals surface area (Å²) in [5, 5.41) is 0. The summed E-state index contributed by atoms with van der Waals surface area (Å²) in [6, 6.07) is 18.7. The molecule has 0 radical (unpaired) electrons. The van der Waals surface area contributed by atoms with Gasteiger partial charge in [-0.3, -0.25) is 9.59 Å². The second kappa shape index (κ2) is 8.85. The Bertz CT molecular complexity index is 824. The predicted molar refractivity (Wildman–Crippen MR) is 105 cm³/mol. The molecule has 0 bridgehead atoms. The predicted octanol–water partition coefficient (Wildman–Crippen LogP) is 3.95. The van der Waals surface area contributed by atoms with Gasteiger partial charge in [0.15, 0.2) is 0 Å². The third kappa shape index (κ3) is 3.58. The normalized spacial score (nSPS) is 19.4. The Morgan fingerprint density at radius 1 is 0.964 bits per heavy atom. The van der Waals surface area contributed by atoms with Gasteiger partial charge in [0, 0.05) is 0 Å². The molecule has 1 saturated heterocycles. The molecule has 28 heavy (non-hydrogen) atoms. The van der Waals surface area contributed by atoms with Crippen LogP contribution in [0.2, 0.25) is 0 Å². The van der Waals surface area contributed by atoms with E-state index in [1.165, 1.54) is 0 Å². The quantitative estimate of drug-likeness (QED) is 0.561. The number of ether oxygens (including phenoxy) is 3. The molecule has 0 amide bonds. The molecular formula is C23H24O5. The summed E-state index contributed by atoms with van der Waals surface area (Å²) >= 11 is 0. The van der Waals surface area contributed by atoms with Crippen LogP contribution in [0.4, 0.5) is 0 Å². The summed E-state index contributed by atoms with van der Waals surface area (Å²) < 4.78 is 16.7. The van der Waals surface area contributed by atoms with E-state index >= 15 is 0 Å². The van der Waals surface area contributed by atoms with Crippen molar-refractivity contribution in [2.24, 2.45) is 5.41 Å². The van der Waals surface area contributed by atoms with Crippen LogP contribution >= 0.6 is 0 Å². The van der Waals surface area contributed by atoms with Gasteiger partial charge in [-0.15, -0.1) is 0 Å². The Labute approximate surface area is 164 Å². The van der Waals surface area contributed by atoms with Gasteiger partial charge in [0.2, 0.25) is 5.41 Å². The lowest BCUT2D eigenvalue weighted by Gasteiger charge is -2.30. The Kier molecular flexibility index (Phi) is 6.26. The molecule has 1 fully saturated rings. The highest BCUT2D eigenvalue weighted by Crippen LogP contribution is 2.51. The largest absolute Gasteiger partial charge is 0.465 e. The number of hydrogen-bond donors (Lipinski definition) is 0. The van der Waals surface area contributed by atoms with E-state index in [1.807, 2.05) is 66.7 Å². The molecule has 1 unspecified atom stereocenters. The van der Waals surface area contributed by atoms with Crippen LogP contribution in [0.5, 0.6) is 0 Å². The first-order chi connectivity index (χ1) is 13.6. The van der Waals surface area contributed by atoms with Gasteiger partial charge in [-0.2, -0.15) is 0 Å². The average molecular weight is 380 g/mol. The minimum Gasteiger partial charge on any atom is -0.465 e. The number of benzene rings is 2. The number of carbonyl (C=O) groups is 2. The Balaban J connectivity index is 2.19. The molecule has 0 N–H and O–H groups in total. The molecule has 5 nitrogen and oxygen atoms in total. The van der Waals surface area contributed by atoms with E-state index in [1.54, 1.807) is 13.8 Å². The minimum absolute atomic E-state index is 0.131. The first-order valence-electron chi connectivity index (χ1n) is 9.41. The Morgan fingerprint density at radius 3 is 2.04 bits per heavy atom. The van der Waals surface area contributed by atoms with Crippen molar-refractivity contribution in [2.45, 2.75) is 20.0 Å². The zero-order valence-electron chi connectivity index (χ0n) is 16.1. The standard InChI is InChI=1S/C23H24O5/c1-3-26-21(24)23(22(25)27-4-2)19(15-17-11-7-5-8-12-17)16-28-20(23)18-13-9-6-10-14-18/h5-15,20H,3-4,16H2,1-2H3/b19-15+. The van der Waals surface area contributed by atoms with E-state index in [4.69, 9.17) is 14.2 Å². The number of hydrogen-bond acceptors (Lipinski definition) is 5. The van der Waals surface area contributed by atoms with Gasteiger partial charge in [0.25, 0.3) is 0 Å². The van der Waals surface area contributed by atoms with Crippen LogP contribution in [0.3, 0.4) is 0 Å². The zero-order chi connectivity index (χ0) is 20.0. The highest BCUT2D eigenvalue weighted by atomic mass is 16.6. The fourth-order valence-corrected chi connectivity index (χ4v) is 3.51. The fraction of sp³-hybridized carbons (Fsp3) is 0.304. The highest BCUT2D eigenvalue weighted by molar-refractivity contribution is 6.06. The minimum atomic E-state index is -1.68. The fourth-order valence-electron chi connectivity index (χ4n) is 3.51. The monoisotopic (exact) mass is 380 g/mol. The molecule has 0 aliphatic carbocycles. The van der Waals surface area contributed by atoms with Crippen LogP contribution in [0.15, 0.2) is 66.2 Å². The lowest BCUT2D eigenvalue weighted by Crippen LogP contribution is -2.45. The smallest absolute Gasteiger partial charge is 0.330 e. The van der Waals surface area contributed by atoms with Crippen molar-refractivity contribution in [1.82, 2.24) is 0 Å². The van der Waals surface area contributed by atoms with Gasteiger partial charge < -0.3 is 14.2 Å². The molecule has 3 rings (SSSR count). The number of esters is 2. The first kappa shape index (κ1) is 19.8. The molecule has 1 atom stereocenters. The van der Waals surface area contributed by atoms with Crippen molar-refractivity contribution in [3.8, 4) is 0 Å². The maximum atomic E-state index is 13.2. The molecular weight excluding hydrogens is 356 g/mol. The maximum absolute atomic E-state index is 13.2. The number of rotatable bonds is 6.